The number of rotatable bonds is 5. The Kier molecular flexibility index (Phi) is 4.62. The summed E-state index contributed by atoms with van der Waals surface area (Å²) >= 11 is 5.80. The zero-order chi connectivity index (χ0) is 17.8. The summed E-state index contributed by atoms with van der Waals surface area (Å²) in [4.78, 5) is 23.2. The first kappa shape index (κ1) is 16.5. The summed E-state index contributed by atoms with van der Waals surface area (Å²) in [5.41, 5.74) is 7.22. The van der Waals surface area contributed by atoms with E-state index in [1.165, 1.54) is 24.7 Å². The first-order chi connectivity index (χ1) is 12.0. The van der Waals surface area contributed by atoms with Gasteiger partial charge < -0.3 is 21.5 Å². The molecule has 0 spiro atoms. The lowest BCUT2D eigenvalue weighted by molar-refractivity contribution is 0.0697. The van der Waals surface area contributed by atoms with Crippen LogP contribution in [0.25, 0.3) is 0 Å². The minimum absolute atomic E-state index is 0.192. The van der Waals surface area contributed by atoms with Crippen molar-refractivity contribution in [2.75, 3.05) is 16.4 Å². The van der Waals surface area contributed by atoms with Crippen LogP contribution in [0.3, 0.4) is 0 Å². The van der Waals surface area contributed by atoms with Crippen molar-refractivity contribution < 1.29 is 9.90 Å². The van der Waals surface area contributed by atoms with Crippen LogP contribution in [-0.4, -0.2) is 26.0 Å². The van der Waals surface area contributed by atoms with Gasteiger partial charge in [-0.2, -0.15) is 0 Å². The van der Waals surface area contributed by atoms with Crippen LogP contribution < -0.4 is 16.4 Å². The average Bonchev–Trinajstić information content (AvgIpc) is 2.61. The summed E-state index contributed by atoms with van der Waals surface area (Å²) in [7, 11) is 0. The average molecular weight is 357 g/mol. The van der Waals surface area contributed by atoms with Crippen LogP contribution in [0.15, 0.2) is 48.9 Å². The number of nitrogens with zero attached hydrogens (tertiary/aromatic N) is 3. The Labute approximate surface area is 147 Å². The molecule has 0 bridgehead atoms. The fraction of sp³-hybridized carbons (Fsp3) is 0. The highest BCUT2D eigenvalue weighted by molar-refractivity contribution is 6.30. The van der Waals surface area contributed by atoms with Crippen LogP contribution in [0.2, 0.25) is 5.02 Å². The number of hydrogen-bond donors (Lipinski definition) is 4. The molecule has 0 aliphatic carbocycles. The van der Waals surface area contributed by atoms with Gasteiger partial charge in [-0.3, -0.25) is 0 Å². The molecule has 2 aromatic heterocycles. The molecule has 0 aliphatic rings. The summed E-state index contributed by atoms with van der Waals surface area (Å²) in [5.74, 6) is 0.311. The molecule has 0 radical (unpaired) electrons. The number of aromatic carboxylic acids is 1. The third kappa shape index (κ3) is 3.93. The number of carboxylic acids is 1. The molecule has 0 unspecified atom stereocenters. The molecule has 3 aromatic rings. The van der Waals surface area contributed by atoms with Gasteiger partial charge in [-0.05, 0) is 36.4 Å². The van der Waals surface area contributed by atoms with Crippen LogP contribution >= 0.6 is 11.6 Å². The molecular weight excluding hydrogens is 344 g/mol. The second-order valence-electron chi connectivity index (χ2n) is 4.98. The topological polar surface area (TPSA) is 126 Å². The number of benzene rings is 1. The SMILES string of the molecule is Nc1c(Nc2ccc(C(=O)O)cc2)ncnc1Nc1ccc(Cl)cn1. The first-order valence-electron chi connectivity index (χ1n) is 7.12. The molecule has 1 aromatic carbocycles. The number of aromatic nitrogens is 3. The monoisotopic (exact) mass is 356 g/mol. The lowest BCUT2D eigenvalue weighted by atomic mass is 10.2. The van der Waals surface area contributed by atoms with E-state index < -0.39 is 5.97 Å². The quantitative estimate of drug-likeness (QED) is 0.548. The maximum Gasteiger partial charge on any atom is 0.335 e. The predicted molar refractivity (Wildman–Crippen MR) is 95.7 cm³/mol. The summed E-state index contributed by atoms with van der Waals surface area (Å²) in [6, 6.07) is 9.61. The standard InChI is InChI=1S/C16H13ClN6O2/c17-10-3-6-12(19-7-10)23-15-13(18)14(20-8-21-15)22-11-4-1-9(2-5-11)16(24)25/h1-8H,18H2,(H,24,25)(H2,19,20,21,22,23). The number of halogens is 1. The Hall–Kier alpha value is -3.39. The highest BCUT2D eigenvalue weighted by Gasteiger charge is 2.10. The first-order valence-corrected chi connectivity index (χ1v) is 7.50. The van der Waals surface area contributed by atoms with E-state index in [2.05, 4.69) is 25.6 Å². The molecule has 5 N–H and O–H groups in total. The van der Waals surface area contributed by atoms with Gasteiger partial charge in [0.05, 0.1) is 10.6 Å². The van der Waals surface area contributed by atoms with Crippen LogP contribution in [0, 0.1) is 0 Å². The van der Waals surface area contributed by atoms with E-state index in [4.69, 9.17) is 22.4 Å². The van der Waals surface area contributed by atoms with Crippen LogP contribution in [0.4, 0.5) is 28.8 Å². The van der Waals surface area contributed by atoms with E-state index in [9.17, 15) is 4.79 Å². The lowest BCUT2D eigenvalue weighted by Crippen LogP contribution is -2.06. The van der Waals surface area contributed by atoms with Crippen molar-refractivity contribution in [2.45, 2.75) is 0 Å². The summed E-state index contributed by atoms with van der Waals surface area (Å²) < 4.78 is 0. The highest BCUT2D eigenvalue weighted by Crippen LogP contribution is 2.27. The van der Waals surface area contributed by atoms with Gasteiger partial charge in [0.2, 0.25) is 0 Å². The molecule has 0 saturated heterocycles. The second-order valence-corrected chi connectivity index (χ2v) is 5.42. The Balaban J connectivity index is 1.80. The summed E-state index contributed by atoms with van der Waals surface area (Å²) in [6.45, 7) is 0. The Morgan fingerprint density at radius 3 is 2.28 bits per heavy atom. The molecule has 0 fully saturated rings. The van der Waals surface area contributed by atoms with Gasteiger partial charge in [-0.1, -0.05) is 11.6 Å². The van der Waals surface area contributed by atoms with E-state index >= 15 is 0 Å². The summed E-state index contributed by atoms with van der Waals surface area (Å²) in [6.07, 6.45) is 2.85. The maximum atomic E-state index is 10.9. The molecule has 25 heavy (non-hydrogen) atoms. The molecule has 0 atom stereocenters. The zero-order valence-corrected chi connectivity index (χ0v) is 13.5. The van der Waals surface area contributed by atoms with Gasteiger partial charge in [0.1, 0.15) is 17.8 Å². The predicted octanol–water partition coefficient (Wildman–Crippen LogP) is 3.29. The number of carboxylic acid groups (broad SMARTS) is 1. The number of pyridine rings is 1. The van der Waals surface area contributed by atoms with Gasteiger partial charge in [0.25, 0.3) is 0 Å². The summed E-state index contributed by atoms with van der Waals surface area (Å²) in [5, 5.41) is 15.5. The normalized spacial score (nSPS) is 10.3. The number of carbonyl (C=O) groups is 1. The van der Waals surface area contributed by atoms with Crippen LogP contribution in [-0.2, 0) is 0 Å². The molecule has 0 amide bonds. The molecule has 126 valence electrons. The van der Waals surface area contributed by atoms with E-state index in [-0.39, 0.29) is 5.56 Å². The van der Waals surface area contributed by atoms with Crippen LogP contribution in [0.1, 0.15) is 10.4 Å². The van der Waals surface area contributed by atoms with E-state index in [0.717, 1.165) is 0 Å². The molecule has 8 nitrogen and oxygen atoms in total. The van der Waals surface area contributed by atoms with Crippen LogP contribution in [0.5, 0.6) is 0 Å². The largest absolute Gasteiger partial charge is 0.478 e. The van der Waals surface area contributed by atoms with Gasteiger partial charge >= 0.3 is 5.97 Å². The van der Waals surface area contributed by atoms with Crippen molar-refractivity contribution in [3.05, 3.63) is 59.5 Å². The molecule has 9 heteroatoms. The van der Waals surface area contributed by atoms with E-state index in [1.54, 1.807) is 24.3 Å². The smallest absolute Gasteiger partial charge is 0.335 e. The number of nitrogens with one attached hydrogen (secondary N) is 2. The molecule has 2 heterocycles. The van der Waals surface area contributed by atoms with E-state index in [0.29, 0.717) is 33.9 Å². The fourth-order valence-corrected chi connectivity index (χ4v) is 2.11. The Morgan fingerprint density at radius 2 is 1.68 bits per heavy atom. The fourth-order valence-electron chi connectivity index (χ4n) is 2.00. The number of nitrogens with two attached hydrogens (primary N) is 1. The number of anilines is 5. The van der Waals surface area contributed by atoms with Crippen molar-refractivity contribution in [3.8, 4) is 0 Å². The van der Waals surface area contributed by atoms with Gasteiger partial charge in [0.15, 0.2) is 11.6 Å². The maximum absolute atomic E-state index is 10.9. The highest BCUT2D eigenvalue weighted by atomic mass is 35.5. The Morgan fingerprint density at radius 1 is 1.00 bits per heavy atom. The minimum atomic E-state index is -0.991. The van der Waals surface area contributed by atoms with E-state index in [1.807, 2.05) is 0 Å². The second kappa shape index (κ2) is 7.02. The molecule has 0 aliphatic heterocycles. The van der Waals surface area contributed by atoms with Gasteiger partial charge in [0, 0.05) is 11.9 Å². The van der Waals surface area contributed by atoms with Crippen molar-refractivity contribution in [1.29, 1.82) is 0 Å². The Bertz CT molecular complexity index is 900. The number of nitrogen functional groups attached to an aromatic ring is 1. The molecular formula is C16H13ClN6O2. The third-order valence-corrected chi connectivity index (χ3v) is 3.48. The molecule has 0 saturated carbocycles. The third-order valence-electron chi connectivity index (χ3n) is 3.25. The molecule has 3 rings (SSSR count). The van der Waals surface area contributed by atoms with Crippen molar-refractivity contribution in [3.63, 3.8) is 0 Å². The van der Waals surface area contributed by atoms with Crippen molar-refractivity contribution in [1.82, 2.24) is 15.0 Å². The zero-order valence-electron chi connectivity index (χ0n) is 12.8. The lowest BCUT2D eigenvalue weighted by Gasteiger charge is -2.12. The number of hydrogen-bond acceptors (Lipinski definition) is 7. The van der Waals surface area contributed by atoms with Gasteiger partial charge in [-0.15, -0.1) is 0 Å². The van der Waals surface area contributed by atoms with Crippen molar-refractivity contribution >= 4 is 46.4 Å². The van der Waals surface area contributed by atoms with Gasteiger partial charge in [-0.25, -0.2) is 19.7 Å². The minimum Gasteiger partial charge on any atom is -0.478 e. The van der Waals surface area contributed by atoms with Crippen molar-refractivity contribution in [2.24, 2.45) is 0 Å².